The van der Waals surface area contributed by atoms with Crippen LogP contribution in [0.3, 0.4) is 0 Å². The molecule has 2 aliphatic carbocycles. The summed E-state index contributed by atoms with van der Waals surface area (Å²) in [5.74, 6) is 1.36. The Labute approximate surface area is 406 Å². The van der Waals surface area contributed by atoms with Crippen molar-refractivity contribution in [3.8, 4) is 33.6 Å². The second-order valence-electron chi connectivity index (χ2n) is 20.3. The predicted octanol–water partition coefficient (Wildman–Crippen LogP) is 15.0. The van der Waals surface area contributed by atoms with Crippen molar-refractivity contribution in [3.63, 3.8) is 0 Å². The van der Waals surface area contributed by atoms with Gasteiger partial charge in [-0.15, -0.1) is 40.7 Å². The van der Waals surface area contributed by atoms with Crippen LogP contribution in [0.5, 0.6) is 0 Å². The Morgan fingerprint density at radius 1 is 0.692 bits per heavy atom. The summed E-state index contributed by atoms with van der Waals surface area (Å²) in [6.45, 7) is 20.8. The van der Waals surface area contributed by atoms with E-state index in [1.807, 2.05) is 34.9 Å². The van der Waals surface area contributed by atoms with E-state index in [-0.39, 0.29) is 31.3 Å². The largest absolute Gasteiger partial charge is 0.343 e. The van der Waals surface area contributed by atoms with Crippen molar-refractivity contribution in [3.05, 3.63) is 178 Å². The van der Waals surface area contributed by atoms with Crippen molar-refractivity contribution in [2.45, 2.75) is 96.7 Å². The van der Waals surface area contributed by atoms with Gasteiger partial charge in [-0.2, -0.15) is 31.0 Å². The zero-order chi connectivity index (χ0) is 44.9. The molecular formula is C59H63FIrN2SSi-2. The second kappa shape index (κ2) is 18.8. The maximum Gasteiger partial charge on any atom is 0.133 e. The summed E-state index contributed by atoms with van der Waals surface area (Å²) in [6, 6.07) is 37.8. The Morgan fingerprint density at radius 3 is 2.11 bits per heavy atom. The molecule has 0 aliphatic heterocycles. The number of nitrogens with zero attached hydrogens (tertiary/aromatic N) is 2. The van der Waals surface area contributed by atoms with Crippen LogP contribution >= 0.6 is 11.3 Å². The third-order valence-electron chi connectivity index (χ3n) is 14.6. The number of fused-ring (bicyclic) bond motifs is 4. The van der Waals surface area contributed by atoms with Crippen molar-refractivity contribution in [2.75, 3.05) is 0 Å². The van der Waals surface area contributed by atoms with E-state index >= 15 is 4.39 Å². The molecule has 5 aromatic carbocycles. The average Bonchev–Trinajstić information content (AvgIpc) is 4.07. The van der Waals surface area contributed by atoms with Gasteiger partial charge in [-0.05, 0) is 80.4 Å². The molecule has 3 heterocycles. The fraction of sp³-hybridized carbons (Fsp3) is 0.288. The molecule has 8 aromatic rings. The van der Waals surface area contributed by atoms with E-state index < -0.39 is 8.07 Å². The van der Waals surface area contributed by atoms with Gasteiger partial charge in [0.1, 0.15) is 5.82 Å². The first-order valence-electron chi connectivity index (χ1n) is 23.4. The van der Waals surface area contributed by atoms with Gasteiger partial charge in [-0.3, -0.25) is 0 Å². The quantitative estimate of drug-likeness (QED) is 0.0814. The fourth-order valence-corrected chi connectivity index (χ4v) is 13.7. The van der Waals surface area contributed by atoms with Crippen LogP contribution < -0.4 is 14.3 Å². The van der Waals surface area contributed by atoms with Gasteiger partial charge in [0.15, 0.2) is 0 Å². The summed E-state index contributed by atoms with van der Waals surface area (Å²) in [7, 11) is 7.22. The first-order chi connectivity index (χ1) is 30.7. The Kier molecular flexibility index (Phi) is 13.5. The smallest absolute Gasteiger partial charge is 0.133 e. The summed E-state index contributed by atoms with van der Waals surface area (Å²) in [5.41, 5.74) is 11.4. The van der Waals surface area contributed by atoms with Crippen LogP contribution in [0.2, 0.25) is 19.6 Å². The number of hydrogen-bond donors (Lipinski definition) is 0. The van der Waals surface area contributed by atoms with Crippen LogP contribution in [0, 0.1) is 45.6 Å². The number of hydrogen-bond acceptors (Lipinski definition) is 1. The Morgan fingerprint density at radius 2 is 1.38 bits per heavy atom. The van der Waals surface area contributed by atoms with E-state index in [9.17, 15) is 0 Å². The molecule has 0 atom stereocenters. The SMILES string of the molecule is [CH2-]c1cc2sc3cc(-c4ccccc4)cc(F)c3c2cc1-c1cc(C(C)(C)C2CCCC2)cc[n+]1[CH2-].[CH2-]c1ccc2ccccc2c1-c1cc(CC2CCCC2)c([Si](C)(C)C)c[n+]1[CH2-].[Ir]. The third kappa shape index (κ3) is 9.30. The van der Waals surface area contributed by atoms with Crippen LogP contribution in [0.4, 0.5) is 4.39 Å². The molecule has 2 saturated carbocycles. The normalized spacial score (nSPS) is 14.8. The molecule has 10 rings (SSSR count). The summed E-state index contributed by atoms with van der Waals surface area (Å²) in [6.07, 6.45) is 16.4. The molecule has 0 unspecified atom stereocenters. The van der Waals surface area contributed by atoms with Gasteiger partial charge in [0.2, 0.25) is 0 Å². The van der Waals surface area contributed by atoms with E-state index in [0.717, 1.165) is 54.2 Å². The van der Waals surface area contributed by atoms with Gasteiger partial charge in [-0.1, -0.05) is 161 Å². The molecule has 0 amide bonds. The molecule has 0 N–H and O–H groups in total. The van der Waals surface area contributed by atoms with Crippen LogP contribution in [0.25, 0.3) is 64.6 Å². The van der Waals surface area contributed by atoms with E-state index in [1.54, 1.807) is 28.2 Å². The zero-order valence-corrected chi connectivity index (χ0v) is 43.1. The minimum Gasteiger partial charge on any atom is -0.343 e. The van der Waals surface area contributed by atoms with Crippen LogP contribution in [0.1, 0.15) is 87.5 Å². The van der Waals surface area contributed by atoms with Gasteiger partial charge < -0.3 is 9.13 Å². The molecule has 0 spiro atoms. The van der Waals surface area contributed by atoms with Gasteiger partial charge in [0, 0.05) is 44.3 Å². The summed E-state index contributed by atoms with van der Waals surface area (Å²) >= 11 is 1.63. The predicted molar refractivity (Wildman–Crippen MR) is 274 cm³/mol. The Balaban J connectivity index is 0.000000180. The Bertz CT molecular complexity index is 3010. The van der Waals surface area contributed by atoms with Crippen LogP contribution in [-0.4, -0.2) is 8.07 Å². The van der Waals surface area contributed by atoms with E-state index in [1.165, 1.54) is 85.4 Å². The van der Waals surface area contributed by atoms with Gasteiger partial charge >= 0.3 is 0 Å². The van der Waals surface area contributed by atoms with Gasteiger partial charge in [0.05, 0.1) is 31.9 Å². The number of rotatable bonds is 8. The van der Waals surface area contributed by atoms with Crippen molar-refractivity contribution < 1.29 is 33.6 Å². The minimum atomic E-state index is -1.45. The van der Waals surface area contributed by atoms with Crippen molar-refractivity contribution in [2.24, 2.45) is 11.8 Å². The molecule has 2 nitrogen and oxygen atoms in total. The van der Waals surface area contributed by atoms with E-state index in [4.69, 9.17) is 0 Å². The summed E-state index contributed by atoms with van der Waals surface area (Å²) < 4.78 is 21.6. The number of benzene rings is 5. The molecule has 337 valence electrons. The second-order valence-corrected chi connectivity index (χ2v) is 26.4. The van der Waals surface area contributed by atoms with Crippen molar-refractivity contribution in [1.29, 1.82) is 0 Å². The topological polar surface area (TPSA) is 7.76 Å². The zero-order valence-electron chi connectivity index (χ0n) is 38.9. The maximum atomic E-state index is 15.6. The number of halogens is 1. The monoisotopic (exact) mass is 1070 g/mol. The van der Waals surface area contributed by atoms with Crippen molar-refractivity contribution >= 4 is 55.5 Å². The summed E-state index contributed by atoms with van der Waals surface area (Å²) in [5, 5.41) is 5.71. The molecular weight excluding hydrogens is 1010 g/mol. The van der Waals surface area contributed by atoms with E-state index in [2.05, 4.69) is 151 Å². The van der Waals surface area contributed by atoms with Gasteiger partial charge in [0.25, 0.3) is 0 Å². The van der Waals surface area contributed by atoms with Crippen LogP contribution in [0.15, 0.2) is 122 Å². The molecule has 2 fully saturated rings. The third-order valence-corrected chi connectivity index (χ3v) is 17.8. The maximum absolute atomic E-state index is 15.6. The number of thiophene rings is 1. The number of pyridine rings is 2. The van der Waals surface area contributed by atoms with Gasteiger partial charge in [-0.25, -0.2) is 4.39 Å². The molecule has 6 heteroatoms. The molecule has 65 heavy (non-hydrogen) atoms. The number of aromatic nitrogens is 2. The molecule has 1 radical (unpaired) electrons. The van der Waals surface area contributed by atoms with Crippen LogP contribution in [-0.2, 0) is 31.9 Å². The Hall–Kier alpha value is -4.84. The fourth-order valence-electron chi connectivity index (χ4n) is 10.9. The first kappa shape index (κ1) is 46.7. The molecule has 0 saturated heterocycles. The molecule has 2 aliphatic rings. The molecule has 3 aromatic heterocycles. The standard InChI is InChI=1S/C33H31FNS.C26H32NSi.Ir/c1-21-16-30-27(32-28(34)17-23(18-31(32)36-30)22-10-6-5-7-11-22)20-26(21)29-19-25(14-15-35(29)4)33(2,3)24-12-8-9-13-24;1-19-14-15-21-12-8-9-13-23(21)26(19)24-17-22(16-20-10-6-7-11-20)25(18-27(24)2)28(3,4)5;/h5-7,10-11,14-20,24H,1,4,8-9,12-13H2,2-3H3;8-9,12-15,17-18,20H,1-2,6-7,10-11,16H2,3-5H3;/q2*-1;. The first-order valence-corrected chi connectivity index (χ1v) is 27.7. The average molecular weight is 1070 g/mol. The summed E-state index contributed by atoms with van der Waals surface area (Å²) in [4.78, 5) is 0. The van der Waals surface area contributed by atoms with E-state index in [0.29, 0.717) is 11.3 Å². The molecule has 0 bridgehead atoms. The van der Waals surface area contributed by atoms with Crippen molar-refractivity contribution in [1.82, 2.24) is 0 Å². The minimum absolute atomic E-state index is 0.